The molecule has 1 atom stereocenters. The maximum absolute atomic E-state index is 13.9. The smallest absolute Gasteiger partial charge is 0.254 e. The molecule has 150 valence electrons. The third-order valence-electron chi connectivity index (χ3n) is 4.39. The van der Waals surface area contributed by atoms with E-state index in [0.29, 0.717) is 11.3 Å². The zero-order valence-electron chi connectivity index (χ0n) is 15.6. The van der Waals surface area contributed by atoms with Crippen LogP contribution in [0.5, 0.6) is 5.75 Å². The Balaban J connectivity index is 1.91. The van der Waals surface area contributed by atoms with Crippen molar-refractivity contribution in [1.82, 2.24) is 10.3 Å². The zero-order valence-corrected chi connectivity index (χ0v) is 16.4. The highest BCUT2D eigenvalue weighted by atomic mass is 32.2. The number of halogens is 1. The largest absolute Gasteiger partial charge is 0.497 e. The van der Waals surface area contributed by atoms with Gasteiger partial charge in [-0.1, -0.05) is 18.2 Å². The second-order valence-corrected chi connectivity index (χ2v) is 8.32. The third kappa shape index (κ3) is 4.60. The van der Waals surface area contributed by atoms with Crippen LogP contribution in [0.1, 0.15) is 21.2 Å². The lowest BCUT2D eigenvalue weighted by Crippen LogP contribution is -2.32. The average molecular weight is 414 g/mol. The predicted octanol–water partition coefficient (Wildman–Crippen LogP) is 3.17. The van der Waals surface area contributed by atoms with Gasteiger partial charge in [0.2, 0.25) is 0 Å². The van der Waals surface area contributed by atoms with E-state index in [1.807, 2.05) is 0 Å². The Morgan fingerprint density at radius 2 is 1.83 bits per heavy atom. The molecule has 0 saturated carbocycles. The van der Waals surface area contributed by atoms with Gasteiger partial charge in [0.1, 0.15) is 16.8 Å². The molecule has 1 heterocycles. The molecule has 0 aliphatic heterocycles. The van der Waals surface area contributed by atoms with E-state index in [0.717, 1.165) is 0 Å². The Kier molecular flexibility index (Phi) is 6.23. The first kappa shape index (κ1) is 20.5. The Morgan fingerprint density at radius 1 is 1.10 bits per heavy atom. The van der Waals surface area contributed by atoms with Crippen LogP contribution in [0.4, 0.5) is 4.39 Å². The normalized spacial score (nSPS) is 12.2. The number of methoxy groups -OCH3 is 1. The Hall–Kier alpha value is -3.26. The van der Waals surface area contributed by atoms with Crippen molar-refractivity contribution in [2.24, 2.45) is 0 Å². The first-order chi connectivity index (χ1) is 13.9. The summed E-state index contributed by atoms with van der Waals surface area (Å²) in [6.07, 6.45) is 2.96. The number of nitrogens with one attached hydrogen (secondary N) is 1. The van der Waals surface area contributed by atoms with E-state index in [1.54, 1.807) is 24.3 Å². The molecule has 1 N–H and O–H groups in total. The maximum atomic E-state index is 13.9. The van der Waals surface area contributed by atoms with Crippen LogP contribution in [-0.2, 0) is 9.84 Å². The van der Waals surface area contributed by atoms with Gasteiger partial charge in [0.15, 0.2) is 9.84 Å². The molecule has 29 heavy (non-hydrogen) atoms. The lowest BCUT2D eigenvalue weighted by molar-refractivity contribution is 0.0949. The summed E-state index contributed by atoms with van der Waals surface area (Å²) in [6, 6.07) is 14.7. The molecule has 0 unspecified atom stereocenters. The first-order valence-corrected chi connectivity index (χ1v) is 10.3. The Labute approximate surface area is 168 Å². The van der Waals surface area contributed by atoms with E-state index in [9.17, 15) is 17.6 Å². The lowest BCUT2D eigenvalue weighted by Gasteiger charge is -2.19. The van der Waals surface area contributed by atoms with Crippen LogP contribution in [0.15, 0.2) is 78.0 Å². The van der Waals surface area contributed by atoms with Crippen molar-refractivity contribution < 1.29 is 22.3 Å². The zero-order chi connectivity index (χ0) is 20.9. The van der Waals surface area contributed by atoms with E-state index in [1.165, 1.54) is 55.9 Å². The van der Waals surface area contributed by atoms with Gasteiger partial charge in [-0.05, 0) is 48.0 Å². The summed E-state index contributed by atoms with van der Waals surface area (Å²) in [5.74, 6) is -0.849. The number of carbonyl (C=O) groups excluding carboxylic acids is 1. The molecule has 6 nitrogen and oxygen atoms in total. The number of pyridine rings is 1. The molecule has 0 saturated heterocycles. The number of sulfone groups is 1. The molecular formula is C21H19FN2O4S. The quantitative estimate of drug-likeness (QED) is 0.642. The van der Waals surface area contributed by atoms with Crippen molar-refractivity contribution in [3.05, 3.63) is 90.0 Å². The molecule has 3 rings (SSSR count). The van der Waals surface area contributed by atoms with E-state index >= 15 is 0 Å². The minimum Gasteiger partial charge on any atom is -0.497 e. The molecule has 0 fully saturated rings. The van der Waals surface area contributed by atoms with Gasteiger partial charge < -0.3 is 10.1 Å². The molecule has 8 heteroatoms. The number of nitrogens with zero attached hydrogens (tertiary/aromatic N) is 1. The fourth-order valence-electron chi connectivity index (χ4n) is 2.83. The Bertz CT molecular complexity index is 1090. The Morgan fingerprint density at radius 3 is 2.45 bits per heavy atom. The van der Waals surface area contributed by atoms with Gasteiger partial charge >= 0.3 is 0 Å². The predicted molar refractivity (Wildman–Crippen MR) is 106 cm³/mol. The van der Waals surface area contributed by atoms with E-state index in [4.69, 9.17) is 4.74 Å². The molecule has 3 aromatic rings. The van der Waals surface area contributed by atoms with Gasteiger partial charge in [-0.2, -0.15) is 0 Å². The third-order valence-corrected chi connectivity index (χ3v) is 6.50. The van der Waals surface area contributed by atoms with Crippen LogP contribution in [-0.4, -0.2) is 33.0 Å². The standard InChI is InChI=1S/C21H19FN2O4S/c1-28-16-8-10-17(11-9-16)29(26,27)20(15-5-4-12-23-13-15)14-24-21(25)18-6-2-3-7-19(18)22/h2-13,20H,14H2,1H3,(H,24,25)/t20-/m0/s1. The minimum absolute atomic E-state index is 0.0762. The van der Waals surface area contributed by atoms with Gasteiger partial charge in [-0.15, -0.1) is 0 Å². The number of carbonyl (C=O) groups is 1. The van der Waals surface area contributed by atoms with Crippen LogP contribution in [0.25, 0.3) is 0 Å². The fourth-order valence-corrected chi connectivity index (χ4v) is 4.47. The maximum Gasteiger partial charge on any atom is 0.254 e. The van der Waals surface area contributed by atoms with Crippen molar-refractivity contribution in [3.63, 3.8) is 0 Å². The van der Waals surface area contributed by atoms with Crippen LogP contribution in [0.2, 0.25) is 0 Å². The SMILES string of the molecule is COc1ccc(S(=O)(=O)[C@@H](CNC(=O)c2ccccc2F)c2cccnc2)cc1. The summed E-state index contributed by atoms with van der Waals surface area (Å²) in [4.78, 5) is 16.4. The molecular weight excluding hydrogens is 395 g/mol. The number of amides is 1. The van der Waals surface area contributed by atoms with Crippen LogP contribution >= 0.6 is 0 Å². The van der Waals surface area contributed by atoms with Gasteiger partial charge in [0, 0.05) is 18.9 Å². The van der Waals surface area contributed by atoms with Gasteiger partial charge in [0.25, 0.3) is 5.91 Å². The number of ether oxygens (including phenoxy) is 1. The summed E-state index contributed by atoms with van der Waals surface area (Å²) in [6.45, 7) is -0.243. The number of hydrogen-bond donors (Lipinski definition) is 1. The summed E-state index contributed by atoms with van der Waals surface area (Å²) < 4.78 is 45.4. The summed E-state index contributed by atoms with van der Waals surface area (Å²) in [5, 5.41) is 1.43. The molecule has 0 radical (unpaired) electrons. The number of benzene rings is 2. The molecule has 1 aromatic heterocycles. The summed E-state index contributed by atoms with van der Waals surface area (Å²) in [5.41, 5.74) is 0.261. The van der Waals surface area contributed by atoms with Crippen LogP contribution in [0, 0.1) is 5.82 Å². The summed E-state index contributed by atoms with van der Waals surface area (Å²) in [7, 11) is -2.38. The van der Waals surface area contributed by atoms with Crippen molar-refractivity contribution in [1.29, 1.82) is 0 Å². The number of aromatic nitrogens is 1. The number of hydrogen-bond acceptors (Lipinski definition) is 5. The highest BCUT2D eigenvalue weighted by Gasteiger charge is 2.30. The molecule has 0 spiro atoms. The minimum atomic E-state index is -3.87. The van der Waals surface area contributed by atoms with Crippen molar-refractivity contribution in [2.75, 3.05) is 13.7 Å². The van der Waals surface area contributed by atoms with Crippen molar-refractivity contribution in [2.45, 2.75) is 10.1 Å². The van der Waals surface area contributed by atoms with E-state index in [-0.39, 0.29) is 17.0 Å². The molecule has 0 bridgehead atoms. The average Bonchev–Trinajstić information content (AvgIpc) is 2.74. The van der Waals surface area contributed by atoms with Crippen LogP contribution < -0.4 is 10.1 Å². The fraction of sp³-hybridized carbons (Fsp3) is 0.143. The van der Waals surface area contributed by atoms with Crippen molar-refractivity contribution >= 4 is 15.7 Å². The van der Waals surface area contributed by atoms with Crippen molar-refractivity contribution in [3.8, 4) is 5.75 Å². The highest BCUT2D eigenvalue weighted by Crippen LogP contribution is 2.29. The van der Waals surface area contributed by atoms with Gasteiger partial charge in [-0.3, -0.25) is 9.78 Å². The molecule has 0 aliphatic rings. The molecule has 0 aliphatic carbocycles. The van der Waals surface area contributed by atoms with Gasteiger partial charge in [0.05, 0.1) is 17.6 Å². The van der Waals surface area contributed by atoms with E-state index in [2.05, 4.69) is 10.3 Å². The van der Waals surface area contributed by atoms with E-state index < -0.39 is 26.8 Å². The monoisotopic (exact) mass is 414 g/mol. The first-order valence-electron chi connectivity index (χ1n) is 8.74. The lowest BCUT2D eigenvalue weighted by atomic mass is 10.2. The topological polar surface area (TPSA) is 85.4 Å². The second kappa shape index (κ2) is 8.83. The number of rotatable bonds is 7. The van der Waals surface area contributed by atoms with Gasteiger partial charge in [-0.25, -0.2) is 12.8 Å². The summed E-state index contributed by atoms with van der Waals surface area (Å²) >= 11 is 0. The molecule has 1 amide bonds. The molecule has 2 aromatic carbocycles. The highest BCUT2D eigenvalue weighted by molar-refractivity contribution is 7.91. The second-order valence-electron chi connectivity index (χ2n) is 6.19. The van der Waals surface area contributed by atoms with Crippen LogP contribution in [0.3, 0.4) is 0 Å².